The zero-order chi connectivity index (χ0) is 34.9. The van der Waals surface area contributed by atoms with E-state index in [-0.39, 0.29) is 25.8 Å². The van der Waals surface area contributed by atoms with E-state index in [0.29, 0.717) is 24.1 Å². The van der Waals surface area contributed by atoms with Crippen LogP contribution in [-0.2, 0) is 27.9 Å². The van der Waals surface area contributed by atoms with E-state index in [4.69, 9.17) is 18.5 Å². The molecule has 2 atom stereocenters. The molecule has 0 aliphatic rings. The Kier molecular flexibility index (Phi) is 31.5. The molecule has 0 aromatic heterocycles. The molecule has 0 aliphatic carbocycles. The van der Waals surface area contributed by atoms with Crippen LogP contribution in [0.4, 0.5) is 0 Å². The van der Waals surface area contributed by atoms with Gasteiger partial charge in [0.1, 0.15) is 19.3 Å². The van der Waals surface area contributed by atoms with Gasteiger partial charge in [0.2, 0.25) is 0 Å². The van der Waals surface area contributed by atoms with Crippen LogP contribution in [0.5, 0.6) is 0 Å². The van der Waals surface area contributed by atoms with E-state index in [9.17, 15) is 14.3 Å². The molecular weight excluding hydrogens is 613 g/mol. The first-order valence-electron chi connectivity index (χ1n) is 19.1. The second kappa shape index (κ2) is 32.2. The molecule has 2 unspecified atom stereocenters. The van der Waals surface area contributed by atoms with Gasteiger partial charge < -0.3 is 27.9 Å². The smallest absolute Gasteiger partial charge is 0.306 e. The van der Waals surface area contributed by atoms with Gasteiger partial charge in [-0.2, -0.15) is 0 Å². The Bertz CT molecular complexity index is 812. The number of allylic oxidation sites excluding steroid dienone is 4. The van der Waals surface area contributed by atoms with Gasteiger partial charge in [0.25, 0.3) is 7.82 Å². The van der Waals surface area contributed by atoms with Gasteiger partial charge in [0.15, 0.2) is 0 Å². The second-order valence-corrected chi connectivity index (χ2v) is 15.4. The number of nitrogens with zero attached hydrogens (tertiary/aromatic N) is 1. The maximum atomic E-state index is 12.6. The zero-order valence-corrected chi connectivity index (χ0v) is 32.1. The first-order valence-corrected chi connectivity index (χ1v) is 20.5. The van der Waals surface area contributed by atoms with Crippen molar-refractivity contribution in [3.8, 4) is 0 Å². The van der Waals surface area contributed by atoms with Gasteiger partial charge in [-0.05, 0) is 44.9 Å². The molecule has 8 nitrogen and oxygen atoms in total. The number of esters is 1. The predicted molar refractivity (Wildman–Crippen MR) is 194 cm³/mol. The summed E-state index contributed by atoms with van der Waals surface area (Å²) in [7, 11) is 1.35. The van der Waals surface area contributed by atoms with Gasteiger partial charge in [-0.15, -0.1) is 0 Å². The highest BCUT2D eigenvalue weighted by atomic mass is 31.2. The number of carbonyl (C=O) groups is 1. The Morgan fingerprint density at radius 3 is 1.74 bits per heavy atom. The lowest BCUT2D eigenvalue weighted by molar-refractivity contribution is -0.870. The quantitative estimate of drug-likeness (QED) is 0.0215. The average Bonchev–Trinajstić information content (AvgIpc) is 3.01. The molecule has 0 aliphatic heterocycles. The normalized spacial score (nSPS) is 14.3. The van der Waals surface area contributed by atoms with Crippen LogP contribution in [0, 0.1) is 0 Å². The Labute approximate surface area is 290 Å². The minimum absolute atomic E-state index is 0.0245. The Morgan fingerprint density at radius 2 is 1.17 bits per heavy atom. The van der Waals surface area contributed by atoms with Crippen LogP contribution in [0.15, 0.2) is 24.3 Å². The highest BCUT2D eigenvalue weighted by Gasteiger charge is 2.20. The summed E-state index contributed by atoms with van der Waals surface area (Å²) >= 11 is 0. The summed E-state index contributed by atoms with van der Waals surface area (Å²) in [6, 6.07) is 0. The monoisotopic (exact) mass is 688 g/mol. The minimum Gasteiger partial charge on any atom is -0.756 e. The summed E-state index contributed by atoms with van der Waals surface area (Å²) in [6.07, 6.45) is 33.2. The van der Waals surface area contributed by atoms with E-state index in [1.54, 1.807) is 0 Å². The van der Waals surface area contributed by atoms with Crippen molar-refractivity contribution in [3.63, 3.8) is 0 Å². The van der Waals surface area contributed by atoms with Crippen LogP contribution in [0.3, 0.4) is 0 Å². The first-order chi connectivity index (χ1) is 22.6. The predicted octanol–water partition coefficient (Wildman–Crippen LogP) is 9.86. The molecule has 0 saturated carbocycles. The van der Waals surface area contributed by atoms with Crippen molar-refractivity contribution in [1.82, 2.24) is 0 Å². The molecule has 0 amide bonds. The molecule has 278 valence electrons. The highest BCUT2D eigenvalue weighted by Crippen LogP contribution is 2.38. The summed E-state index contributed by atoms with van der Waals surface area (Å²) in [5, 5.41) is 0. The third-order valence-corrected chi connectivity index (χ3v) is 8.97. The number of ether oxygens (including phenoxy) is 2. The van der Waals surface area contributed by atoms with Crippen LogP contribution >= 0.6 is 7.82 Å². The van der Waals surface area contributed by atoms with E-state index >= 15 is 0 Å². The van der Waals surface area contributed by atoms with E-state index < -0.39 is 13.9 Å². The average molecular weight is 688 g/mol. The molecule has 9 heteroatoms. The van der Waals surface area contributed by atoms with Crippen LogP contribution < -0.4 is 4.89 Å². The molecule has 0 rings (SSSR count). The van der Waals surface area contributed by atoms with Crippen molar-refractivity contribution in [2.24, 2.45) is 0 Å². The Morgan fingerprint density at radius 1 is 0.660 bits per heavy atom. The van der Waals surface area contributed by atoms with Crippen molar-refractivity contribution in [1.29, 1.82) is 0 Å². The van der Waals surface area contributed by atoms with Crippen LogP contribution in [-0.4, -0.2) is 70.7 Å². The number of quaternary nitrogens is 1. The number of hydrogen-bond acceptors (Lipinski definition) is 7. The summed E-state index contributed by atoms with van der Waals surface area (Å²) in [5.41, 5.74) is 0. The maximum Gasteiger partial charge on any atom is 0.306 e. The number of hydrogen-bond donors (Lipinski definition) is 0. The third-order valence-electron chi connectivity index (χ3n) is 8.01. The standard InChI is InChI=1S/C38H74NO7P/c1-6-8-10-12-14-16-17-18-19-20-21-22-23-25-27-29-31-38(40)46-37(36-45-47(41,42)44-34-32-39(3,4)5)35-43-33-30-28-26-24-15-13-11-9-7-2/h16-17,19-20,37H,6-15,18,21-36H2,1-5H3/b17-16-,20-19-. The van der Waals surface area contributed by atoms with Crippen LogP contribution in [0.2, 0.25) is 0 Å². The topological polar surface area (TPSA) is 94.1 Å². The number of carbonyl (C=O) groups excluding carboxylic acids is 1. The molecule has 0 heterocycles. The summed E-state index contributed by atoms with van der Waals surface area (Å²) in [6.45, 7) is 5.36. The largest absolute Gasteiger partial charge is 0.756 e. The number of likely N-dealkylation sites (N-methyl/N-ethyl adjacent to an activating group) is 1. The molecular formula is C38H74NO7P. The fourth-order valence-corrected chi connectivity index (χ4v) is 5.71. The lowest BCUT2D eigenvalue weighted by Gasteiger charge is -2.28. The molecule has 0 fully saturated rings. The molecule has 0 N–H and O–H groups in total. The number of rotatable bonds is 35. The van der Waals surface area contributed by atoms with Crippen molar-refractivity contribution in [3.05, 3.63) is 24.3 Å². The van der Waals surface area contributed by atoms with E-state index in [1.807, 2.05) is 21.1 Å². The lowest BCUT2D eigenvalue weighted by Crippen LogP contribution is -2.37. The number of phosphoric ester groups is 1. The van der Waals surface area contributed by atoms with Gasteiger partial charge in [0, 0.05) is 13.0 Å². The van der Waals surface area contributed by atoms with Crippen molar-refractivity contribution >= 4 is 13.8 Å². The van der Waals surface area contributed by atoms with Gasteiger partial charge in [-0.3, -0.25) is 9.36 Å². The molecule has 0 aromatic carbocycles. The zero-order valence-electron chi connectivity index (χ0n) is 31.2. The van der Waals surface area contributed by atoms with Crippen molar-refractivity contribution in [2.45, 2.75) is 161 Å². The molecule has 0 bridgehead atoms. The molecule has 0 saturated heterocycles. The molecule has 0 radical (unpaired) electrons. The number of unbranched alkanes of at least 4 members (excludes halogenated alkanes) is 17. The maximum absolute atomic E-state index is 12.6. The molecule has 0 spiro atoms. The summed E-state index contributed by atoms with van der Waals surface area (Å²) in [5.74, 6) is -0.349. The molecule has 47 heavy (non-hydrogen) atoms. The minimum atomic E-state index is -4.51. The fourth-order valence-electron chi connectivity index (χ4n) is 4.99. The third kappa shape index (κ3) is 36.1. The van der Waals surface area contributed by atoms with E-state index in [1.165, 1.54) is 77.0 Å². The fraction of sp³-hybridized carbons (Fsp3) is 0.868. The summed E-state index contributed by atoms with van der Waals surface area (Å²) in [4.78, 5) is 24.9. The van der Waals surface area contributed by atoms with Gasteiger partial charge >= 0.3 is 5.97 Å². The number of phosphoric acid groups is 1. The van der Waals surface area contributed by atoms with Gasteiger partial charge in [-0.1, -0.05) is 128 Å². The van der Waals surface area contributed by atoms with E-state index in [0.717, 1.165) is 57.8 Å². The van der Waals surface area contributed by atoms with Gasteiger partial charge in [0.05, 0.1) is 34.4 Å². The Balaban J connectivity index is 4.30. The van der Waals surface area contributed by atoms with Crippen LogP contribution in [0.25, 0.3) is 0 Å². The SMILES string of the molecule is CCCCCC/C=C\C/C=C\CCCCCCCC(=O)OC(COCCCCCCCCCCC)COP(=O)([O-])OCC[N+](C)(C)C. The first kappa shape index (κ1) is 46.0. The van der Waals surface area contributed by atoms with Crippen molar-refractivity contribution in [2.75, 3.05) is 54.1 Å². The summed E-state index contributed by atoms with van der Waals surface area (Å²) < 4.78 is 34.3. The van der Waals surface area contributed by atoms with Crippen LogP contribution in [0.1, 0.15) is 155 Å². The molecule has 0 aromatic rings. The second-order valence-electron chi connectivity index (χ2n) is 13.9. The highest BCUT2D eigenvalue weighted by molar-refractivity contribution is 7.45. The lowest BCUT2D eigenvalue weighted by atomic mass is 10.1. The van der Waals surface area contributed by atoms with E-state index in [2.05, 4.69) is 38.2 Å². The van der Waals surface area contributed by atoms with Crippen molar-refractivity contribution < 1.29 is 37.3 Å². The Hall–Kier alpha value is -1.02. The van der Waals surface area contributed by atoms with Gasteiger partial charge in [-0.25, -0.2) is 0 Å².